The Labute approximate surface area is 118 Å². The minimum atomic E-state index is 0.572. The summed E-state index contributed by atoms with van der Waals surface area (Å²) in [6.45, 7) is 0. The molecule has 2 aromatic rings. The predicted octanol–water partition coefficient (Wildman–Crippen LogP) is 3.70. The Kier molecular flexibility index (Phi) is 4.09. The van der Waals surface area contributed by atoms with Crippen molar-refractivity contribution in [3.63, 3.8) is 0 Å². The third-order valence-electron chi connectivity index (χ3n) is 4.00. The molecular weight excluding hydrogens is 256 g/mol. The number of hydrogen-bond donors (Lipinski definition) is 1. The van der Waals surface area contributed by atoms with Gasteiger partial charge in [0, 0.05) is 11.8 Å². The molecular formula is C15H20N2OS. The Morgan fingerprint density at radius 3 is 2.89 bits per heavy atom. The molecule has 1 aromatic heterocycles. The summed E-state index contributed by atoms with van der Waals surface area (Å²) in [6.07, 6.45) is 5.49. The van der Waals surface area contributed by atoms with E-state index >= 15 is 0 Å². The Morgan fingerprint density at radius 2 is 2.16 bits per heavy atom. The number of fused-ring (bicyclic) bond motifs is 1. The van der Waals surface area contributed by atoms with Gasteiger partial charge >= 0.3 is 0 Å². The molecule has 1 saturated carbocycles. The van der Waals surface area contributed by atoms with Gasteiger partial charge in [-0.15, -0.1) is 0 Å². The van der Waals surface area contributed by atoms with E-state index in [9.17, 15) is 0 Å². The predicted molar refractivity (Wildman–Crippen MR) is 79.5 cm³/mol. The van der Waals surface area contributed by atoms with Crippen molar-refractivity contribution >= 4 is 22.9 Å². The molecule has 1 atom stereocenters. The monoisotopic (exact) mass is 276 g/mol. The maximum Gasteiger partial charge on any atom is 0.256 e. The van der Waals surface area contributed by atoms with Gasteiger partial charge < -0.3 is 9.73 Å². The number of nitrogens with zero attached hydrogens (tertiary/aromatic N) is 1. The molecule has 1 aliphatic rings. The Morgan fingerprint density at radius 1 is 1.37 bits per heavy atom. The summed E-state index contributed by atoms with van der Waals surface area (Å²) in [6, 6.07) is 8.52. The van der Waals surface area contributed by atoms with Gasteiger partial charge in [0.1, 0.15) is 5.52 Å². The molecule has 102 valence electrons. The SMILES string of the molecule is CNC(CSc1nc2ccccc2o1)C1CCCC1. The molecule has 0 saturated heterocycles. The van der Waals surface area contributed by atoms with E-state index < -0.39 is 0 Å². The molecule has 3 nitrogen and oxygen atoms in total. The zero-order valence-corrected chi connectivity index (χ0v) is 12.1. The van der Waals surface area contributed by atoms with Crippen LogP contribution in [0.25, 0.3) is 11.1 Å². The second-order valence-electron chi connectivity index (χ2n) is 5.20. The van der Waals surface area contributed by atoms with Crippen LogP contribution < -0.4 is 5.32 Å². The smallest absolute Gasteiger partial charge is 0.256 e. The number of oxazole rings is 1. The van der Waals surface area contributed by atoms with Crippen LogP contribution in [0.15, 0.2) is 33.9 Å². The van der Waals surface area contributed by atoms with Gasteiger partial charge in [-0.2, -0.15) is 0 Å². The van der Waals surface area contributed by atoms with Gasteiger partial charge in [0.15, 0.2) is 5.58 Å². The minimum Gasteiger partial charge on any atom is -0.431 e. The molecule has 0 aliphatic heterocycles. The molecule has 0 spiro atoms. The number of aromatic nitrogens is 1. The number of hydrogen-bond acceptors (Lipinski definition) is 4. The average Bonchev–Trinajstić information content (AvgIpc) is 3.08. The van der Waals surface area contributed by atoms with Crippen LogP contribution in [0.2, 0.25) is 0 Å². The first kappa shape index (κ1) is 13.0. The summed E-state index contributed by atoms with van der Waals surface area (Å²) in [7, 11) is 2.07. The summed E-state index contributed by atoms with van der Waals surface area (Å²) < 4.78 is 5.75. The average molecular weight is 276 g/mol. The second-order valence-corrected chi connectivity index (χ2v) is 6.17. The lowest BCUT2D eigenvalue weighted by Gasteiger charge is -2.21. The van der Waals surface area contributed by atoms with Crippen molar-refractivity contribution in [3.8, 4) is 0 Å². The molecule has 1 aromatic carbocycles. The van der Waals surface area contributed by atoms with Crippen molar-refractivity contribution in [2.75, 3.05) is 12.8 Å². The first-order valence-electron chi connectivity index (χ1n) is 7.02. The van der Waals surface area contributed by atoms with Gasteiger partial charge in [-0.25, -0.2) is 4.98 Å². The van der Waals surface area contributed by atoms with Gasteiger partial charge in [0.05, 0.1) is 0 Å². The second kappa shape index (κ2) is 5.97. The summed E-state index contributed by atoms with van der Waals surface area (Å²) in [5.41, 5.74) is 1.83. The summed E-state index contributed by atoms with van der Waals surface area (Å²) in [5, 5.41) is 4.25. The van der Waals surface area contributed by atoms with E-state index in [4.69, 9.17) is 4.42 Å². The lowest BCUT2D eigenvalue weighted by atomic mass is 10.0. The highest BCUT2D eigenvalue weighted by Gasteiger charge is 2.24. The highest BCUT2D eigenvalue weighted by molar-refractivity contribution is 7.99. The van der Waals surface area contributed by atoms with Crippen molar-refractivity contribution in [3.05, 3.63) is 24.3 Å². The van der Waals surface area contributed by atoms with E-state index in [1.165, 1.54) is 25.7 Å². The molecule has 1 heterocycles. The quantitative estimate of drug-likeness (QED) is 0.845. The van der Waals surface area contributed by atoms with Crippen LogP contribution in [0.5, 0.6) is 0 Å². The van der Waals surface area contributed by atoms with Crippen molar-refractivity contribution in [2.24, 2.45) is 5.92 Å². The number of nitrogens with one attached hydrogen (secondary N) is 1. The van der Waals surface area contributed by atoms with E-state index in [0.29, 0.717) is 6.04 Å². The van der Waals surface area contributed by atoms with Crippen LogP contribution in [-0.2, 0) is 0 Å². The summed E-state index contributed by atoms with van der Waals surface area (Å²) in [4.78, 5) is 4.51. The molecule has 1 fully saturated rings. The third kappa shape index (κ3) is 2.95. The minimum absolute atomic E-state index is 0.572. The van der Waals surface area contributed by atoms with Gasteiger partial charge in [-0.05, 0) is 37.9 Å². The van der Waals surface area contributed by atoms with E-state index in [1.54, 1.807) is 11.8 Å². The zero-order chi connectivity index (χ0) is 13.1. The Bertz CT molecular complexity index is 501. The summed E-state index contributed by atoms with van der Waals surface area (Å²) in [5.74, 6) is 1.86. The van der Waals surface area contributed by atoms with Gasteiger partial charge in [-0.1, -0.05) is 36.7 Å². The largest absolute Gasteiger partial charge is 0.431 e. The van der Waals surface area contributed by atoms with Crippen LogP contribution in [-0.4, -0.2) is 23.8 Å². The molecule has 1 N–H and O–H groups in total. The van der Waals surface area contributed by atoms with Crippen LogP contribution >= 0.6 is 11.8 Å². The molecule has 0 amide bonds. The van der Waals surface area contributed by atoms with E-state index in [1.807, 2.05) is 24.3 Å². The highest BCUT2D eigenvalue weighted by Crippen LogP contribution is 2.31. The van der Waals surface area contributed by atoms with Crippen molar-refractivity contribution in [2.45, 2.75) is 36.9 Å². The lowest BCUT2D eigenvalue weighted by Crippen LogP contribution is -2.34. The third-order valence-corrected chi connectivity index (χ3v) is 4.95. The van der Waals surface area contributed by atoms with Crippen molar-refractivity contribution in [1.29, 1.82) is 0 Å². The fraction of sp³-hybridized carbons (Fsp3) is 0.533. The van der Waals surface area contributed by atoms with Gasteiger partial charge in [-0.3, -0.25) is 0 Å². The normalized spacial score (nSPS) is 18.2. The van der Waals surface area contributed by atoms with Crippen molar-refractivity contribution in [1.82, 2.24) is 10.3 Å². The highest BCUT2D eigenvalue weighted by atomic mass is 32.2. The van der Waals surface area contributed by atoms with Crippen LogP contribution in [0, 0.1) is 5.92 Å². The van der Waals surface area contributed by atoms with E-state index in [2.05, 4.69) is 17.3 Å². The van der Waals surface area contributed by atoms with Crippen LogP contribution in [0.1, 0.15) is 25.7 Å². The van der Waals surface area contributed by atoms with Gasteiger partial charge in [0.25, 0.3) is 5.22 Å². The molecule has 19 heavy (non-hydrogen) atoms. The number of rotatable bonds is 5. The first-order valence-corrected chi connectivity index (χ1v) is 8.01. The summed E-state index contributed by atoms with van der Waals surface area (Å²) >= 11 is 1.73. The zero-order valence-electron chi connectivity index (χ0n) is 11.3. The number of thioether (sulfide) groups is 1. The molecule has 1 unspecified atom stereocenters. The van der Waals surface area contributed by atoms with Crippen LogP contribution in [0.4, 0.5) is 0 Å². The maximum absolute atomic E-state index is 5.75. The van der Waals surface area contributed by atoms with E-state index in [0.717, 1.165) is 28.0 Å². The number of para-hydroxylation sites is 2. The molecule has 1 aliphatic carbocycles. The fourth-order valence-corrected chi connectivity index (χ4v) is 3.96. The first-order chi connectivity index (χ1) is 9.36. The molecule has 0 radical (unpaired) electrons. The van der Waals surface area contributed by atoms with Crippen molar-refractivity contribution < 1.29 is 4.42 Å². The van der Waals surface area contributed by atoms with E-state index in [-0.39, 0.29) is 0 Å². The lowest BCUT2D eigenvalue weighted by molar-refractivity contribution is 0.408. The fourth-order valence-electron chi connectivity index (χ4n) is 2.89. The Balaban J connectivity index is 1.64. The maximum atomic E-state index is 5.75. The topological polar surface area (TPSA) is 38.1 Å². The number of benzene rings is 1. The molecule has 0 bridgehead atoms. The van der Waals surface area contributed by atoms with Gasteiger partial charge in [0.2, 0.25) is 0 Å². The molecule has 3 rings (SSSR count). The standard InChI is InChI=1S/C15H20N2OS/c1-16-13(11-6-2-3-7-11)10-19-15-17-12-8-4-5-9-14(12)18-15/h4-5,8-9,11,13,16H,2-3,6-7,10H2,1H3. The van der Waals surface area contributed by atoms with Crippen LogP contribution in [0.3, 0.4) is 0 Å². The Hall–Kier alpha value is -1.00. The molecule has 4 heteroatoms.